The van der Waals surface area contributed by atoms with Crippen molar-refractivity contribution < 1.29 is 9.59 Å². The molecule has 158 valence electrons. The van der Waals surface area contributed by atoms with Crippen LogP contribution in [0.25, 0.3) is 0 Å². The van der Waals surface area contributed by atoms with Gasteiger partial charge in [0.2, 0.25) is 5.91 Å². The number of hydrogen-bond donors (Lipinski definition) is 2. The first-order valence-electron chi connectivity index (χ1n) is 10.6. The highest BCUT2D eigenvalue weighted by atomic mass is 16.2. The van der Waals surface area contributed by atoms with E-state index in [0.717, 1.165) is 42.8 Å². The van der Waals surface area contributed by atoms with Gasteiger partial charge >= 0.3 is 0 Å². The highest BCUT2D eigenvalue weighted by molar-refractivity contribution is 5.94. The van der Waals surface area contributed by atoms with Crippen molar-refractivity contribution >= 4 is 11.8 Å². The lowest BCUT2D eigenvalue weighted by Gasteiger charge is -2.32. The summed E-state index contributed by atoms with van der Waals surface area (Å²) in [6.45, 7) is 12.7. The minimum absolute atomic E-state index is 0.00803. The predicted octanol–water partition coefficient (Wildman–Crippen LogP) is 2.68. The van der Waals surface area contributed by atoms with Crippen LogP contribution >= 0.6 is 0 Å². The quantitative estimate of drug-likeness (QED) is 0.783. The van der Waals surface area contributed by atoms with Gasteiger partial charge in [0.15, 0.2) is 0 Å². The molecule has 0 bridgehead atoms. The van der Waals surface area contributed by atoms with E-state index >= 15 is 0 Å². The second-order valence-electron chi connectivity index (χ2n) is 8.11. The van der Waals surface area contributed by atoms with E-state index in [1.165, 1.54) is 11.3 Å². The summed E-state index contributed by atoms with van der Waals surface area (Å²) in [5, 5.41) is 7.62. The van der Waals surface area contributed by atoms with Crippen LogP contribution in [-0.4, -0.2) is 51.1 Å². The number of hydrogen-bond acceptors (Lipinski definition) is 3. The maximum atomic E-state index is 12.9. The lowest BCUT2D eigenvalue weighted by atomic mass is 9.96. The molecule has 1 unspecified atom stereocenters. The highest BCUT2D eigenvalue weighted by Gasteiger charge is 2.30. The van der Waals surface area contributed by atoms with Crippen molar-refractivity contribution in [1.82, 2.24) is 25.0 Å². The molecular weight excluding hydrogens is 366 g/mol. The standard InChI is InChI=1S/C22H33N5O2/c1-6-27-17(5)19(16(4)25-27)9-10-23-21(28)18-8-7-11-26(13-18)22(29)20-14(2)12-15(3)24-20/h12,18,24H,6-11,13H2,1-5H3,(H,23,28). The molecule has 1 fully saturated rings. The van der Waals surface area contributed by atoms with Crippen LogP contribution in [0.3, 0.4) is 0 Å². The van der Waals surface area contributed by atoms with Crippen LogP contribution < -0.4 is 5.32 Å². The van der Waals surface area contributed by atoms with Gasteiger partial charge < -0.3 is 15.2 Å². The fraction of sp³-hybridized carbons (Fsp3) is 0.591. The molecule has 0 aliphatic carbocycles. The Morgan fingerprint density at radius 2 is 2.03 bits per heavy atom. The smallest absolute Gasteiger partial charge is 0.270 e. The second-order valence-corrected chi connectivity index (χ2v) is 8.11. The molecule has 0 radical (unpaired) electrons. The average molecular weight is 400 g/mol. The van der Waals surface area contributed by atoms with Crippen molar-refractivity contribution in [3.63, 3.8) is 0 Å². The van der Waals surface area contributed by atoms with Gasteiger partial charge in [-0.05, 0) is 71.1 Å². The number of nitrogens with zero attached hydrogens (tertiary/aromatic N) is 3. The number of piperidine rings is 1. The van der Waals surface area contributed by atoms with Crippen LogP contribution in [0, 0.1) is 33.6 Å². The van der Waals surface area contributed by atoms with Crippen LogP contribution in [0.5, 0.6) is 0 Å². The van der Waals surface area contributed by atoms with Crippen LogP contribution in [0.4, 0.5) is 0 Å². The number of rotatable bonds is 6. The molecule has 2 aromatic heterocycles. The summed E-state index contributed by atoms with van der Waals surface area (Å²) in [7, 11) is 0. The number of H-pyrrole nitrogens is 1. The van der Waals surface area contributed by atoms with E-state index in [9.17, 15) is 9.59 Å². The first-order chi connectivity index (χ1) is 13.8. The number of carbonyl (C=O) groups is 2. The Balaban J connectivity index is 1.55. The third-order valence-electron chi connectivity index (χ3n) is 5.95. The van der Waals surface area contributed by atoms with E-state index in [1.807, 2.05) is 36.4 Å². The molecule has 3 rings (SSSR count). The lowest BCUT2D eigenvalue weighted by molar-refractivity contribution is -0.126. The number of aryl methyl sites for hydroxylation is 4. The molecule has 3 heterocycles. The summed E-state index contributed by atoms with van der Waals surface area (Å²) >= 11 is 0. The zero-order valence-corrected chi connectivity index (χ0v) is 18.3. The molecule has 2 amide bonds. The number of aromatic amines is 1. The van der Waals surface area contributed by atoms with Crippen LogP contribution in [0.1, 0.15) is 58.5 Å². The Hall–Kier alpha value is -2.57. The molecular formula is C22H33N5O2. The van der Waals surface area contributed by atoms with Gasteiger partial charge in [-0.25, -0.2) is 0 Å². The van der Waals surface area contributed by atoms with Crippen molar-refractivity contribution in [3.05, 3.63) is 40.0 Å². The largest absolute Gasteiger partial charge is 0.355 e. The predicted molar refractivity (Wildman–Crippen MR) is 113 cm³/mol. The van der Waals surface area contributed by atoms with Crippen LogP contribution in [0.15, 0.2) is 6.07 Å². The number of carbonyl (C=O) groups excluding carboxylic acids is 2. The fourth-order valence-corrected chi connectivity index (χ4v) is 4.34. The van der Waals surface area contributed by atoms with Crippen molar-refractivity contribution in [3.8, 4) is 0 Å². The van der Waals surface area contributed by atoms with Gasteiger partial charge in [-0.3, -0.25) is 14.3 Å². The van der Waals surface area contributed by atoms with E-state index in [1.54, 1.807) is 0 Å². The third-order valence-corrected chi connectivity index (χ3v) is 5.95. The molecule has 7 nitrogen and oxygen atoms in total. The maximum Gasteiger partial charge on any atom is 0.270 e. The molecule has 29 heavy (non-hydrogen) atoms. The molecule has 0 spiro atoms. The first-order valence-corrected chi connectivity index (χ1v) is 10.6. The Labute approximate surface area is 172 Å². The number of aromatic nitrogens is 3. The summed E-state index contributed by atoms with van der Waals surface area (Å²) in [5.41, 5.74) is 5.99. The maximum absolute atomic E-state index is 12.9. The minimum Gasteiger partial charge on any atom is -0.355 e. The van der Waals surface area contributed by atoms with Gasteiger partial charge in [0, 0.05) is 37.6 Å². The van der Waals surface area contributed by atoms with Crippen LogP contribution in [0.2, 0.25) is 0 Å². The zero-order valence-electron chi connectivity index (χ0n) is 18.3. The number of likely N-dealkylation sites (tertiary alicyclic amines) is 1. The van der Waals surface area contributed by atoms with E-state index in [0.29, 0.717) is 25.3 Å². The van der Waals surface area contributed by atoms with Gasteiger partial charge in [-0.1, -0.05) is 0 Å². The van der Waals surface area contributed by atoms with E-state index in [4.69, 9.17) is 0 Å². The zero-order chi connectivity index (χ0) is 21.1. The Kier molecular flexibility index (Phi) is 6.45. The Morgan fingerprint density at radius 1 is 1.28 bits per heavy atom. The monoisotopic (exact) mass is 399 g/mol. The SMILES string of the molecule is CCn1nc(C)c(CCNC(=O)C2CCCN(C(=O)c3[nH]c(C)cc3C)C2)c1C. The summed E-state index contributed by atoms with van der Waals surface area (Å²) in [6, 6.07) is 1.98. The van der Waals surface area contributed by atoms with Crippen molar-refractivity contribution in [1.29, 1.82) is 0 Å². The topological polar surface area (TPSA) is 83.0 Å². The number of amides is 2. The van der Waals surface area contributed by atoms with E-state index in [2.05, 4.69) is 29.2 Å². The van der Waals surface area contributed by atoms with Gasteiger partial charge in [-0.15, -0.1) is 0 Å². The summed E-state index contributed by atoms with van der Waals surface area (Å²) in [6.07, 6.45) is 2.45. The summed E-state index contributed by atoms with van der Waals surface area (Å²) in [5.74, 6) is -0.115. The molecule has 0 aromatic carbocycles. The van der Waals surface area contributed by atoms with Crippen molar-refractivity contribution in [2.75, 3.05) is 19.6 Å². The summed E-state index contributed by atoms with van der Waals surface area (Å²) < 4.78 is 2.00. The minimum atomic E-state index is -0.148. The second kappa shape index (κ2) is 8.84. The molecule has 7 heteroatoms. The van der Waals surface area contributed by atoms with Crippen molar-refractivity contribution in [2.24, 2.45) is 5.92 Å². The molecule has 1 aliphatic rings. The van der Waals surface area contributed by atoms with Gasteiger partial charge in [0.1, 0.15) is 5.69 Å². The lowest BCUT2D eigenvalue weighted by Crippen LogP contribution is -2.46. The molecule has 2 N–H and O–H groups in total. The molecule has 1 saturated heterocycles. The van der Waals surface area contributed by atoms with E-state index in [-0.39, 0.29) is 17.7 Å². The molecule has 1 aliphatic heterocycles. The van der Waals surface area contributed by atoms with Crippen molar-refractivity contribution in [2.45, 2.75) is 60.4 Å². The van der Waals surface area contributed by atoms with Gasteiger partial charge in [-0.2, -0.15) is 5.10 Å². The van der Waals surface area contributed by atoms with E-state index < -0.39 is 0 Å². The Bertz CT molecular complexity index is 895. The average Bonchev–Trinajstić information content (AvgIpc) is 3.19. The third kappa shape index (κ3) is 4.54. The van der Waals surface area contributed by atoms with Gasteiger partial charge in [0.05, 0.1) is 11.6 Å². The number of nitrogens with one attached hydrogen (secondary N) is 2. The molecule has 1 atom stereocenters. The molecule has 2 aromatic rings. The van der Waals surface area contributed by atoms with Gasteiger partial charge in [0.25, 0.3) is 5.91 Å². The highest BCUT2D eigenvalue weighted by Crippen LogP contribution is 2.20. The van der Waals surface area contributed by atoms with Crippen LogP contribution in [-0.2, 0) is 17.8 Å². The normalized spacial score (nSPS) is 16.9. The Morgan fingerprint density at radius 3 is 2.66 bits per heavy atom. The fourth-order valence-electron chi connectivity index (χ4n) is 4.34. The molecule has 0 saturated carbocycles. The first kappa shape index (κ1) is 21.1. The summed E-state index contributed by atoms with van der Waals surface area (Å²) in [4.78, 5) is 30.5.